The lowest BCUT2D eigenvalue weighted by Crippen LogP contribution is -2.40. The molecule has 0 saturated carbocycles. The third kappa shape index (κ3) is 10.00. The van der Waals surface area contributed by atoms with Gasteiger partial charge in [0.1, 0.15) is 18.1 Å². The average molecular weight is 517 g/mol. The van der Waals surface area contributed by atoms with Gasteiger partial charge in [-0.25, -0.2) is 4.99 Å². The fourth-order valence-electron chi connectivity index (χ4n) is 2.53. The van der Waals surface area contributed by atoms with Gasteiger partial charge in [0.2, 0.25) is 0 Å². The summed E-state index contributed by atoms with van der Waals surface area (Å²) in [6.07, 6.45) is 2.47. The maximum atomic E-state index is 5.85. The van der Waals surface area contributed by atoms with Gasteiger partial charge in [-0.2, -0.15) is 0 Å². The topological polar surface area (TPSA) is 77.2 Å². The normalized spacial score (nSPS) is 11.1. The number of hydrogen-bond acceptors (Lipinski definition) is 5. The first-order valence-corrected chi connectivity index (χ1v) is 9.47. The van der Waals surface area contributed by atoms with Crippen molar-refractivity contribution >= 4 is 29.9 Å². The quantitative estimate of drug-likeness (QED) is 0.195. The Bertz CT molecular complexity index is 708. The molecule has 8 heteroatoms. The zero-order chi connectivity index (χ0) is 20.0. The molecule has 162 valence electrons. The van der Waals surface area contributed by atoms with Crippen LogP contribution in [0.5, 0.6) is 5.75 Å². The number of nitrogens with zero attached hydrogens (tertiary/aromatic N) is 1. The van der Waals surface area contributed by atoms with Crippen molar-refractivity contribution in [2.75, 3.05) is 47.1 Å². The average Bonchev–Trinajstić information content (AvgIpc) is 3.20. The second-order valence-corrected chi connectivity index (χ2v) is 6.29. The number of ether oxygens (including phenoxy) is 3. The number of halogens is 1. The lowest BCUT2D eigenvalue weighted by molar-refractivity contribution is 0.145. The van der Waals surface area contributed by atoms with Gasteiger partial charge in [-0.3, -0.25) is 0 Å². The summed E-state index contributed by atoms with van der Waals surface area (Å²) in [5, 5.41) is 6.61. The molecule has 2 rings (SSSR count). The number of aryl methyl sites for hydroxylation is 1. The Kier molecular flexibility index (Phi) is 13.2. The molecule has 0 atom stereocenters. The van der Waals surface area contributed by atoms with Gasteiger partial charge in [0.15, 0.2) is 5.96 Å². The van der Waals surface area contributed by atoms with Crippen LogP contribution in [0.15, 0.2) is 46.0 Å². The molecule has 0 radical (unpaired) electrons. The minimum Gasteiger partial charge on any atom is -0.491 e. The van der Waals surface area contributed by atoms with Crippen molar-refractivity contribution in [3.63, 3.8) is 0 Å². The van der Waals surface area contributed by atoms with Crippen molar-refractivity contribution < 1.29 is 18.6 Å². The minimum atomic E-state index is 0. The zero-order valence-corrected chi connectivity index (χ0v) is 19.7. The highest BCUT2D eigenvalue weighted by Crippen LogP contribution is 2.21. The Morgan fingerprint density at radius 3 is 2.55 bits per heavy atom. The van der Waals surface area contributed by atoms with E-state index in [1.807, 2.05) is 25.1 Å². The van der Waals surface area contributed by atoms with Crippen LogP contribution in [0.3, 0.4) is 0 Å². The summed E-state index contributed by atoms with van der Waals surface area (Å²) in [7, 11) is 3.34. The van der Waals surface area contributed by atoms with Gasteiger partial charge in [0, 0.05) is 39.3 Å². The van der Waals surface area contributed by atoms with Crippen molar-refractivity contribution in [1.82, 2.24) is 10.6 Å². The summed E-state index contributed by atoms with van der Waals surface area (Å²) in [6, 6.07) is 10.0. The zero-order valence-electron chi connectivity index (χ0n) is 17.4. The van der Waals surface area contributed by atoms with Crippen LogP contribution in [0, 0.1) is 6.92 Å². The molecule has 0 bridgehead atoms. The van der Waals surface area contributed by atoms with Crippen LogP contribution in [0.25, 0.3) is 0 Å². The van der Waals surface area contributed by atoms with Crippen molar-refractivity contribution in [2.24, 2.45) is 4.99 Å². The molecule has 2 aromatic rings. The molecule has 2 N–H and O–H groups in total. The molecule has 0 fully saturated rings. The SMILES string of the molecule is COCCNC(=NCc1ccc(C)cc1OCCOC)NCCc1ccco1.I. The predicted molar refractivity (Wildman–Crippen MR) is 125 cm³/mol. The van der Waals surface area contributed by atoms with E-state index in [0.29, 0.717) is 32.9 Å². The third-order valence-electron chi connectivity index (χ3n) is 4.02. The number of benzene rings is 1. The second-order valence-electron chi connectivity index (χ2n) is 6.29. The van der Waals surface area contributed by atoms with E-state index in [0.717, 1.165) is 41.6 Å². The molecule has 0 aliphatic rings. The molecule has 1 aromatic carbocycles. The van der Waals surface area contributed by atoms with Crippen molar-refractivity contribution in [3.8, 4) is 5.75 Å². The molecule has 1 aromatic heterocycles. The van der Waals surface area contributed by atoms with E-state index in [1.165, 1.54) is 0 Å². The predicted octanol–water partition coefficient (Wildman–Crippen LogP) is 3.16. The summed E-state index contributed by atoms with van der Waals surface area (Å²) in [6.45, 7) is 5.61. The largest absolute Gasteiger partial charge is 0.491 e. The summed E-state index contributed by atoms with van der Waals surface area (Å²) < 4.78 is 21.4. The molecule has 0 aliphatic carbocycles. The van der Waals surface area contributed by atoms with E-state index in [2.05, 4.69) is 22.8 Å². The van der Waals surface area contributed by atoms with Gasteiger partial charge in [0.25, 0.3) is 0 Å². The fraction of sp³-hybridized carbons (Fsp3) is 0.476. The van der Waals surface area contributed by atoms with Gasteiger partial charge in [-0.1, -0.05) is 12.1 Å². The van der Waals surface area contributed by atoms with E-state index in [9.17, 15) is 0 Å². The molecule has 0 saturated heterocycles. The number of nitrogens with one attached hydrogen (secondary N) is 2. The number of rotatable bonds is 12. The van der Waals surface area contributed by atoms with Crippen LogP contribution in [0.2, 0.25) is 0 Å². The molecule has 29 heavy (non-hydrogen) atoms. The van der Waals surface area contributed by atoms with Crippen molar-refractivity contribution in [3.05, 3.63) is 53.5 Å². The van der Waals surface area contributed by atoms with Gasteiger partial charge >= 0.3 is 0 Å². The van der Waals surface area contributed by atoms with Gasteiger partial charge in [0.05, 0.1) is 26.0 Å². The first kappa shape index (κ1) is 25.3. The fourth-order valence-corrected chi connectivity index (χ4v) is 2.53. The van der Waals surface area contributed by atoms with Crippen LogP contribution >= 0.6 is 24.0 Å². The lowest BCUT2D eigenvalue weighted by Gasteiger charge is -2.14. The molecule has 0 amide bonds. The summed E-state index contributed by atoms with van der Waals surface area (Å²) in [4.78, 5) is 4.70. The maximum absolute atomic E-state index is 5.85. The maximum Gasteiger partial charge on any atom is 0.191 e. The van der Waals surface area contributed by atoms with Crippen LogP contribution in [0.4, 0.5) is 0 Å². The number of furan rings is 1. The second kappa shape index (κ2) is 15.1. The highest BCUT2D eigenvalue weighted by atomic mass is 127. The highest BCUT2D eigenvalue weighted by Gasteiger charge is 2.06. The Morgan fingerprint density at radius 1 is 1.03 bits per heavy atom. The molecular weight excluding hydrogens is 485 g/mol. The Labute approximate surface area is 190 Å². The van der Waals surface area contributed by atoms with E-state index < -0.39 is 0 Å². The molecule has 0 aliphatic heterocycles. The Balaban J connectivity index is 0.00000420. The minimum absolute atomic E-state index is 0. The number of aliphatic imine (C=N–C) groups is 1. The summed E-state index contributed by atoms with van der Waals surface area (Å²) >= 11 is 0. The van der Waals surface area contributed by atoms with E-state index in [1.54, 1.807) is 20.5 Å². The molecule has 7 nitrogen and oxygen atoms in total. The van der Waals surface area contributed by atoms with Crippen LogP contribution in [-0.4, -0.2) is 53.1 Å². The van der Waals surface area contributed by atoms with Crippen molar-refractivity contribution in [1.29, 1.82) is 0 Å². The standard InChI is InChI=1S/C21H31N3O4.HI/c1-17-6-7-18(20(15-17)28-14-13-26-3)16-24-21(23-10-12-25-2)22-9-8-19-5-4-11-27-19;/h4-7,11,15H,8-10,12-14,16H2,1-3H3,(H2,22,23,24);1H. The molecule has 1 heterocycles. The van der Waals surface area contributed by atoms with Crippen LogP contribution in [0.1, 0.15) is 16.9 Å². The van der Waals surface area contributed by atoms with E-state index >= 15 is 0 Å². The van der Waals surface area contributed by atoms with E-state index in [-0.39, 0.29) is 24.0 Å². The first-order valence-electron chi connectivity index (χ1n) is 9.47. The smallest absolute Gasteiger partial charge is 0.191 e. The van der Waals surface area contributed by atoms with Crippen LogP contribution in [-0.2, 0) is 22.4 Å². The number of methoxy groups -OCH3 is 2. The van der Waals surface area contributed by atoms with Crippen molar-refractivity contribution in [2.45, 2.75) is 19.9 Å². The Hall–Kier alpha value is -1.78. The summed E-state index contributed by atoms with van der Waals surface area (Å²) in [5.41, 5.74) is 2.18. The number of guanidine groups is 1. The molecular formula is C21H32IN3O4. The Morgan fingerprint density at radius 2 is 1.83 bits per heavy atom. The van der Waals surface area contributed by atoms with E-state index in [4.69, 9.17) is 23.6 Å². The number of hydrogen-bond donors (Lipinski definition) is 2. The third-order valence-corrected chi connectivity index (χ3v) is 4.02. The lowest BCUT2D eigenvalue weighted by atomic mass is 10.1. The highest BCUT2D eigenvalue weighted by molar-refractivity contribution is 14.0. The molecule has 0 unspecified atom stereocenters. The molecule has 0 spiro atoms. The monoisotopic (exact) mass is 517 g/mol. The van der Waals surface area contributed by atoms with Crippen LogP contribution < -0.4 is 15.4 Å². The first-order chi connectivity index (χ1) is 13.7. The van der Waals surface area contributed by atoms with Gasteiger partial charge < -0.3 is 29.3 Å². The van der Waals surface area contributed by atoms with Gasteiger partial charge in [-0.15, -0.1) is 24.0 Å². The summed E-state index contributed by atoms with van der Waals surface area (Å²) in [5.74, 6) is 2.51. The van der Waals surface area contributed by atoms with Gasteiger partial charge in [-0.05, 0) is 30.7 Å².